The Morgan fingerprint density at radius 2 is 2.11 bits per heavy atom. The minimum atomic E-state index is -1.07. The predicted molar refractivity (Wildman–Crippen MR) is 67.2 cm³/mol. The molecule has 0 radical (unpaired) electrons. The quantitative estimate of drug-likeness (QED) is 0.849. The van der Waals surface area contributed by atoms with E-state index in [4.69, 9.17) is 10.8 Å². The van der Waals surface area contributed by atoms with Crippen molar-refractivity contribution in [2.24, 2.45) is 5.73 Å². The summed E-state index contributed by atoms with van der Waals surface area (Å²) >= 11 is 0. The Labute approximate surface area is 105 Å². The van der Waals surface area contributed by atoms with Crippen molar-refractivity contribution in [3.05, 3.63) is 29.6 Å². The van der Waals surface area contributed by atoms with Gasteiger partial charge in [-0.2, -0.15) is 0 Å². The standard InChI is InChI=1S/C13H17FN2O2/c14-10-7-9(8-11(15)13(17)18)3-4-12(10)16-5-1-2-6-16/h3-4,7,11H,1-2,5-6,8,15H2,(H,17,18). The SMILES string of the molecule is NC(Cc1ccc(N2CCCC2)c(F)c1)C(=O)O. The Hall–Kier alpha value is -1.62. The van der Waals surface area contributed by atoms with Gasteiger partial charge in [-0.15, -0.1) is 0 Å². The number of nitrogens with zero attached hydrogens (tertiary/aromatic N) is 1. The highest BCUT2D eigenvalue weighted by molar-refractivity contribution is 5.73. The zero-order valence-electron chi connectivity index (χ0n) is 10.1. The van der Waals surface area contributed by atoms with E-state index in [1.165, 1.54) is 6.07 Å². The van der Waals surface area contributed by atoms with Gasteiger partial charge in [0.15, 0.2) is 0 Å². The van der Waals surface area contributed by atoms with Crippen LogP contribution >= 0.6 is 0 Å². The van der Waals surface area contributed by atoms with Crippen molar-refractivity contribution in [3.8, 4) is 0 Å². The number of carboxylic acids is 1. The molecule has 1 saturated heterocycles. The average Bonchev–Trinajstić information content (AvgIpc) is 2.82. The topological polar surface area (TPSA) is 66.6 Å². The number of nitrogens with two attached hydrogens (primary N) is 1. The maximum Gasteiger partial charge on any atom is 0.320 e. The van der Waals surface area contributed by atoms with E-state index in [1.54, 1.807) is 12.1 Å². The molecule has 0 spiro atoms. The number of halogens is 1. The third kappa shape index (κ3) is 2.79. The number of carbonyl (C=O) groups is 1. The lowest BCUT2D eigenvalue weighted by Gasteiger charge is -2.19. The minimum absolute atomic E-state index is 0.145. The molecule has 98 valence electrons. The molecule has 0 saturated carbocycles. The van der Waals surface area contributed by atoms with E-state index in [9.17, 15) is 9.18 Å². The molecule has 0 amide bonds. The summed E-state index contributed by atoms with van der Waals surface area (Å²) in [6.07, 6.45) is 2.32. The van der Waals surface area contributed by atoms with Crippen LogP contribution in [0.3, 0.4) is 0 Å². The Kier molecular flexibility index (Phi) is 3.81. The molecule has 1 atom stereocenters. The van der Waals surface area contributed by atoms with Crippen LogP contribution in [0.4, 0.5) is 10.1 Å². The van der Waals surface area contributed by atoms with Gasteiger partial charge in [0.2, 0.25) is 0 Å². The molecule has 1 fully saturated rings. The summed E-state index contributed by atoms with van der Waals surface area (Å²) in [4.78, 5) is 12.6. The second-order valence-corrected chi connectivity index (χ2v) is 4.63. The van der Waals surface area contributed by atoms with Crippen LogP contribution < -0.4 is 10.6 Å². The Balaban J connectivity index is 2.11. The maximum atomic E-state index is 13.9. The van der Waals surface area contributed by atoms with Crippen molar-refractivity contribution < 1.29 is 14.3 Å². The summed E-state index contributed by atoms with van der Waals surface area (Å²) in [6, 6.07) is 3.86. The molecule has 1 aliphatic heterocycles. The maximum absolute atomic E-state index is 13.9. The number of aliphatic carboxylic acids is 1. The molecule has 4 nitrogen and oxygen atoms in total. The third-order valence-corrected chi connectivity index (χ3v) is 3.23. The smallest absolute Gasteiger partial charge is 0.320 e. The summed E-state index contributed by atoms with van der Waals surface area (Å²) in [7, 11) is 0. The number of hydrogen-bond donors (Lipinski definition) is 2. The summed E-state index contributed by atoms with van der Waals surface area (Å²) in [5.41, 5.74) is 6.64. The number of anilines is 1. The van der Waals surface area contributed by atoms with Gasteiger partial charge in [0.05, 0.1) is 5.69 Å². The van der Waals surface area contributed by atoms with E-state index in [0.717, 1.165) is 25.9 Å². The van der Waals surface area contributed by atoms with Crippen molar-refractivity contribution >= 4 is 11.7 Å². The van der Waals surface area contributed by atoms with E-state index >= 15 is 0 Å². The van der Waals surface area contributed by atoms with Gasteiger partial charge in [0.25, 0.3) is 0 Å². The van der Waals surface area contributed by atoms with Crippen LogP contribution in [-0.4, -0.2) is 30.2 Å². The van der Waals surface area contributed by atoms with Crippen LogP contribution in [0, 0.1) is 5.82 Å². The van der Waals surface area contributed by atoms with Gasteiger partial charge in [-0.05, 0) is 37.0 Å². The van der Waals surface area contributed by atoms with Crippen molar-refractivity contribution in [2.75, 3.05) is 18.0 Å². The first-order chi connectivity index (χ1) is 8.58. The normalized spacial score (nSPS) is 16.9. The average molecular weight is 252 g/mol. The van der Waals surface area contributed by atoms with Crippen LogP contribution in [-0.2, 0) is 11.2 Å². The van der Waals surface area contributed by atoms with Gasteiger partial charge in [0, 0.05) is 13.1 Å². The van der Waals surface area contributed by atoms with Crippen molar-refractivity contribution in [2.45, 2.75) is 25.3 Å². The van der Waals surface area contributed by atoms with E-state index in [-0.39, 0.29) is 12.2 Å². The zero-order chi connectivity index (χ0) is 13.1. The predicted octanol–water partition coefficient (Wildman–Crippen LogP) is 1.38. The highest BCUT2D eigenvalue weighted by Gasteiger charge is 2.17. The van der Waals surface area contributed by atoms with Crippen LogP contribution in [0.25, 0.3) is 0 Å². The first-order valence-electron chi connectivity index (χ1n) is 6.09. The largest absolute Gasteiger partial charge is 0.480 e. The summed E-state index contributed by atoms with van der Waals surface area (Å²) in [5.74, 6) is -1.37. The number of benzene rings is 1. The lowest BCUT2D eigenvalue weighted by atomic mass is 10.1. The molecule has 1 aromatic carbocycles. The lowest BCUT2D eigenvalue weighted by molar-refractivity contribution is -0.138. The fourth-order valence-electron chi connectivity index (χ4n) is 2.23. The first-order valence-corrected chi connectivity index (χ1v) is 6.09. The fourth-order valence-corrected chi connectivity index (χ4v) is 2.23. The molecular formula is C13H17FN2O2. The summed E-state index contributed by atoms with van der Waals surface area (Å²) < 4.78 is 13.9. The number of rotatable bonds is 4. The summed E-state index contributed by atoms with van der Waals surface area (Å²) in [6.45, 7) is 1.76. The van der Waals surface area contributed by atoms with Crippen LogP contribution in [0.15, 0.2) is 18.2 Å². The molecule has 1 aromatic rings. The minimum Gasteiger partial charge on any atom is -0.480 e. The van der Waals surface area contributed by atoms with Crippen LogP contribution in [0.2, 0.25) is 0 Å². The molecule has 2 rings (SSSR count). The van der Waals surface area contributed by atoms with Crippen LogP contribution in [0.1, 0.15) is 18.4 Å². The van der Waals surface area contributed by atoms with E-state index < -0.39 is 12.0 Å². The third-order valence-electron chi connectivity index (χ3n) is 3.23. The molecule has 18 heavy (non-hydrogen) atoms. The van der Waals surface area contributed by atoms with Crippen molar-refractivity contribution in [3.63, 3.8) is 0 Å². The van der Waals surface area contributed by atoms with Gasteiger partial charge in [-0.25, -0.2) is 4.39 Å². The fraction of sp³-hybridized carbons (Fsp3) is 0.462. The van der Waals surface area contributed by atoms with Crippen molar-refractivity contribution in [1.82, 2.24) is 0 Å². The summed E-state index contributed by atoms with van der Waals surface area (Å²) in [5, 5.41) is 8.71. The molecule has 1 unspecified atom stereocenters. The Morgan fingerprint density at radius 3 is 2.67 bits per heavy atom. The Bertz CT molecular complexity index is 445. The van der Waals surface area contributed by atoms with Gasteiger partial charge in [-0.3, -0.25) is 4.79 Å². The van der Waals surface area contributed by atoms with Gasteiger partial charge >= 0.3 is 5.97 Å². The number of hydrogen-bond acceptors (Lipinski definition) is 3. The van der Waals surface area contributed by atoms with Gasteiger partial charge < -0.3 is 15.7 Å². The Morgan fingerprint density at radius 1 is 1.44 bits per heavy atom. The second-order valence-electron chi connectivity index (χ2n) is 4.63. The van der Waals surface area contributed by atoms with Crippen LogP contribution in [0.5, 0.6) is 0 Å². The number of carboxylic acid groups (broad SMARTS) is 1. The molecular weight excluding hydrogens is 235 g/mol. The van der Waals surface area contributed by atoms with E-state index in [0.29, 0.717) is 11.3 Å². The van der Waals surface area contributed by atoms with Crippen molar-refractivity contribution in [1.29, 1.82) is 0 Å². The van der Waals surface area contributed by atoms with Gasteiger partial charge in [0.1, 0.15) is 11.9 Å². The van der Waals surface area contributed by atoms with E-state index in [2.05, 4.69) is 0 Å². The molecule has 3 N–H and O–H groups in total. The first kappa shape index (κ1) is 12.8. The molecule has 0 aromatic heterocycles. The van der Waals surface area contributed by atoms with E-state index in [1.807, 2.05) is 4.90 Å². The highest BCUT2D eigenvalue weighted by atomic mass is 19.1. The molecule has 0 aliphatic carbocycles. The molecule has 5 heteroatoms. The van der Waals surface area contributed by atoms with Gasteiger partial charge in [-0.1, -0.05) is 6.07 Å². The monoisotopic (exact) mass is 252 g/mol. The second kappa shape index (κ2) is 5.35. The molecule has 1 heterocycles. The highest BCUT2D eigenvalue weighted by Crippen LogP contribution is 2.24. The molecule has 1 aliphatic rings. The zero-order valence-corrected chi connectivity index (χ0v) is 10.1. The lowest BCUT2D eigenvalue weighted by Crippen LogP contribution is -2.32. The molecule has 0 bridgehead atoms.